The Balaban J connectivity index is 2.96. The van der Waals surface area contributed by atoms with Crippen molar-refractivity contribution in [3.05, 3.63) is 15.4 Å². The molecule has 0 aliphatic rings. The zero-order chi connectivity index (χ0) is 13.9. The number of nitrogens with one attached hydrogen (secondary N) is 1. The molecule has 0 radical (unpaired) electrons. The Hall–Kier alpha value is -0.480. The lowest BCUT2D eigenvalue weighted by molar-refractivity contribution is -0.139. The molecular formula is C9H12BrNO5S2. The maximum atomic E-state index is 11.9. The molecule has 0 aromatic carbocycles. The van der Waals surface area contributed by atoms with Crippen LogP contribution in [0.1, 0.15) is 12.0 Å². The van der Waals surface area contributed by atoms with Crippen LogP contribution in [-0.2, 0) is 14.8 Å². The van der Waals surface area contributed by atoms with Crippen LogP contribution in [0.25, 0.3) is 0 Å². The second kappa shape index (κ2) is 6.11. The summed E-state index contributed by atoms with van der Waals surface area (Å²) >= 11 is 4.21. The Bertz CT molecular complexity index is 520. The van der Waals surface area contributed by atoms with Crippen molar-refractivity contribution in [1.82, 2.24) is 4.72 Å². The van der Waals surface area contributed by atoms with Crippen molar-refractivity contribution in [3.63, 3.8) is 0 Å². The summed E-state index contributed by atoms with van der Waals surface area (Å²) in [5.74, 6) is -1.32. The van der Waals surface area contributed by atoms with Crippen molar-refractivity contribution in [2.24, 2.45) is 0 Å². The summed E-state index contributed by atoms with van der Waals surface area (Å²) in [5, 5.41) is 17.5. The summed E-state index contributed by atoms with van der Waals surface area (Å²) in [6, 6.07) is 0.121. The fourth-order valence-corrected chi connectivity index (χ4v) is 4.64. The number of carboxylic acid groups (broad SMARTS) is 1. The molecule has 1 unspecified atom stereocenters. The second-order valence-electron chi connectivity index (χ2n) is 3.55. The number of aliphatic hydroxyl groups is 1. The maximum Gasteiger partial charge on any atom is 0.321 e. The number of halogens is 1. The summed E-state index contributed by atoms with van der Waals surface area (Å²) in [4.78, 5) is 10.8. The van der Waals surface area contributed by atoms with Gasteiger partial charge < -0.3 is 10.2 Å². The van der Waals surface area contributed by atoms with E-state index >= 15 is 0 Å². The first-order valence-electron chi connectivity index (χ1n) is 4.90. The number of rotatable bonds is 6. The molecule has 9 heteroatoms. The highest BCUT2D eigenvalue weighted by Crippen LogP contribution is 2.30. The zero-order valence-corrected chi connectivity index (χ0v) is 12.6. The van der Waals surface area contributed by atoms with Crippen LogP contribution >= 0.6 is 27.3 Å². The number of hydrogen-bond donors (Lipinski definition) is 3. The number of sulfonamides is 1. The van der Waals surface area contributed by atoms with E-state index in [1.54, 1.807) is 6.92 Å². The summed E-state index contributed by atoms with van der Waals surface area (Å²) in [5.41, 5.74) is 0.759. The van der Waals surface area contributed by atoms with Crippen molar-refractivity contribution < 1.29 is 23.4 Å². The van der Waals surface area contributed by atoms with Crippen molar-refractivity contribution in [3.8, 4) is 0 Å². The molecule has 0 spiro atoms. The highest BCUT2D eigenvalue weighted by atomic mass is 79.9. The Morgan fingerprint density at radius 2 is 2.22 bits per heavy atom. The van der Waals surface area contributed by atoms with E-state index in [0.29, 0.717) is 3.79 Å². The Morgan fingerprint density at radius 1 is 1.61 bits per heavy atom. The minimum absolute atomic E-state index is 0.0380. The van der Waals surface area contributed by atoms with E-state index in [2.05, 4.69) is 20.7 Å². The van der Waals surface area contributed by atoms with E-state index < -0.39 is 28.6 Å². The van der Waals surface area contributed by atoms with E-state index in [0.717, 1.165) is 16.9 Å². The molecule has 0 saturated heterocycles. The molecule has 0 bridgehead atoms. The van der Waals surface area contributed by atoms with Crippen LogP contribution in [0.15, 0.2) is 14.1 Å². The van der Waals surface area contributed by atoms with E-state index in [4.69, 9.17) is 10.2 Å². The lowest BCUT2D eigenvalue weighted by Gasteiger charge is -2.12. The first-order chi connectivity index (χ1) is 8.27. The predicted molar refractivity (Wildman–Crippen MR) is 70.2 cm³/mol. The maximum absolute atomic E-state index is 11.9. The van der Waals surface area contributed by atoms with Crippen LogP contribution in [0, 0.1) is 6.92 Å². The van der Waals surface area contributed by atoms with E-state index in [9.17, 15) is 13.2 Å². The molecule has 1 aromatic heterocycles. The van der Waals surface area contributed by atoms with Crippen molar-refractivity contribution in [2.45, 2.75) is 23.6 Å². The van der Waals surface area contributed by atoms with E-state index in [1.165, 1.54) is 6.07 Å². The van der Waals surface area contributed by atoms with Gasteiger partial charge in [0, 0.05) is 6.61 Å². The van der Waals surface area contributed by atoms with Crippen LogP contribution in [0.2, 0.25) is 0 Å². The van der Waals surface area contributed by atoms with Gasteiger partial charge in [0.2, 0.25) is 0 Å². The Morgan fingerprint density at radius 3 is 2.61 bits per heavy atom. The average Bonchev–Trinajstić information content (AvgIpc) is 2.59. The van der Waals surface area contributed by atoms with Gasteiger partial charge in [0.15, 0.2) is 0 Å². The van der Waals surface area contributed by atoms with Gasteiger partial charge in [0.05, 0.1) is 3.79 Å². The minimum atomic E-state index is -3.88. The zero-order valence-electron chi connectivity index (χ0n) is 9.38. The third kappa shape index (κ3) is 3.75. The van der Waals surface area contributed by atoms with Crippen LogP contribution in [-0.4, -0.2) is 37.2 Å². The fourth-order valence-electron chi connectivity index (χ4n) is 1.17. The monoisotopic (exact) mass is 357 g/mol. The largest absolute Gasteiger partial charge is 0.480 e. The van der Waals surface area contributed by atoms with Crippen LogP contribution in [0.3, 0.4) is 0 Å². The van der Waals surface area contributed by atoms with Crippen molar-refractivity contribution in [1.29, 1.82) is 0 Å². The average molecular weight is 358 g/mol. The first-order valence-corrected chi connectivity index (χ1v) is 7.99. The van der Waals surface area contributed by atoms with Gasteiger partial charge in [-0.1, -0.05) is 0 Å². The molecule has 0 aliphatic carbocycles. The van der Waals surface area contributed by atoms with Gasteiger partial charge in [0.25, 0.3) is 10.0 Å². The molecule has 0 saturated carbocycles. The number of hydrogen-bond acceptors (Lipinski definition) is 5. The fraction of sp³-hybridized carbons (Fsp3) is 0.444. The van der Waals surface area contributed by atoms with Gasteiger partial charge >= 0.3 is 5.97 Å². The highest BCUT2D eigenvalue weighted by Gasteiger charge is 2.26. The molecule has 0 aliphatic heterocycles. The SMILES string of the molecule is Cc1cc(S(=O)(=O)NC(CCO)C(=O)O)sc1Br. The first kappa shape index (κ1) is 15.6. The quantitative estimate of drug-likeness (QED) is 0.702. The summed E-state index contributed by atoms with van der Waals surface area (Å²) in [6.07, 6.45) is -0.180. The molecule has 1 rings (SSSR count). The number of aliphatic hydroxyl groups excluding tert-OH is 1. The topological polar surface area (TPSA) is 104 Å². The van der Waals surface area contributed by atoms with Crippen molar-refractivity contribution in [2.75, 3.05) is 6.61 Å². The minimum Gasteiger partial charge on any atom is -0.480 e. The lowest BCUT2D eigenvalue weighted by Crippen LogP contribution is -2.41. The molecule has 1 atom stereocenters. The number of aryl methyl sites for hydroxylation is 1. The summed E-state index contributed by atoms with van der Waals surface area (Å²) in [6.45, 7) is 1.33. The molecule has 0 amide bonds. The van der Waals surface area contributed by atoms with Crippen molar-refractivity contribution >= 4 is 43.3 Å². The summed E-state index contributed by atoms with van der Waals surface area (Å²) < 4.78 is 26.6. The van der Waals surface area contributed by atoms with Gasteiger partial charge in [-0.3, -0.25) is 4.79 Å². The standard InChI is InChI=1S/C9H12BrNO5S2/c1-5-4-7(17-8(5)10)18(15,16)11-6(2-3-12)9(13)14/h4,6,11-12H,2-3H2,1H3,(H,13,14). The van der Waals surface area contributed by atoms with Gasteiger partial charge in [-0.05, 0) is 40.9 Å². The smallest absolute Gasteiger partial charge is 0.321 e. The normalized spacial score (nSPS) is 13.5. The van der Waals surface area contributed by atoms with Gasteiger partial charge in [0.1, 0.15) is 10.3 Å². The van der Waals surface area contributed by atoms with Gasteiger partial charge in [-0.25, -0.2) is 8.42 Å². The molecule has 1 heterocycles. The Labute approximate surface area is 117 Å². The number of aliphatic carboxylic acids is 1. The predicted octanol–water partition coefficient (Wildman–Crippen LogP) is 0.933. The molecular weight excluding hydrogens is 346 g/mol. The molecule has 6 nitrogen and oxygen atoms in total. The van der Waals surface area contributed by atoms with Crippen LogP contribution in [0.5, 0.6) is 0 Å². The number of carboxylic acids is 1. The summed E-state index contributed by atoms with van der Waals surface area (Å²) in [7, 11) is -3.88. The lowest BCUT2D eigenvalue weighted by atomic mass is 10.2. The van der Waals surface area contributed by atoms with E-state index in [1.807, 2.05) is 0 Å². The van der Waals surface area contributed by atoms with Crippen LogP contribution in [0.4, 0.5) is 0 Å². The third-order valence-corrected chi connectivity index (χ3v) is 6.19. The van der Waals surface area contributed by atoms with Gasteiger partial charge in [-0.2, -0.15) is 4.72 Å². The molecule has 0 fully saturated rings. The Kier molecular flexibility index (Phi) is 5.29. The molecule has 3 N–H and O–H groups in total. The van der Waals surface area contributed by atoms with Gasteiger partial charge in [-0.15, -0.1) is 11.3 Å². The molecule has 1 aromatic rings. The highest BCUT2D eigenvalue weighted by molar-refractivity contribution is 9.11. The molecule has 102 valence electrons. The van der Waals surface area contributed by atoms with E-state index in [-0.39, 0.29) is 10.6 Å². The molecule has 18 heavy (non-hydrogen) atoms. The second-order valence-corrected chi connectivity index (χ2v) is 7.86. The number of carbonyl (C=O) groups is 1. The number of thiophene rings is 1. The van der Waals surface area contributed by atoms with Crippen LogP contribution < -0.4 is 4.72 Å². The third-order valence-electron chi connectivity index (χ3n) is 2.11.